The van der Waals surface area contributed by atoms with Crippen LogP contribution in [0.5, 0.6) is 0 Å². The fourth-order valence-electron chi connectivity index (χ4n) is 2.28. The number of rotatable bonds is 5. The highest BCUT2D eigenvalue weighted by Crippen LogP contribution is 2.32. The van der Waals surface area contributed by atoms with Gasteiger partial charge in [-0.25, -0.2) is 4.39 Å². The average molecular weight is 321 g/mol. The lowest BCUT2D eigenvalue weighted by molar-refractivity contribution is -0.127. The SMILES string of the molecule is CC/C=C(F)/C(=C\C=C(/C)N1C(=O)CCC1CO)C(F)(F)F. The van der Waals surface area contributed by atoms with E-state index < -0.39 is 23.6 Å². The second-order valence-electron chi connectivity index (χ2n) is 4.99. The van der Waals surface area contributed by atoms with Gasteiger partial charge in [-0.2, -0.15) is 13.2 Å². The Balaban J connectivity index is 3.11. The molecule has 0 aromatic carbocycles. The molecule has 0 bridgehead atoms. The van der Waals surface area contributed by atoms with Crippen molar-refractivity contribution in [3.8, 4) is 0 Å². The third kappa shape index (κ3) is 4.43. The molecule has 1 heterocycles. The number of aliphatic hydroxyl groups is 1. The first-order valence-corrected chi connectivity index (χ1v) is 6.97. The Bertz CT molecular complexity index is 506. The Kier molecular flexibility index (Phi) is 6.34. The molecule has 1 amide bonds. The predicted octanol–water partition coefficient (Wildman–Crippen LogP) is 3.63. The van der Waals surface area contributed by atoms with Gasteiger partial charge in [0.05, 0.1) is 18.2 Å². The molecule has 0 saturated carbocycles. The third-order valence-corrected chi connectivity index (χ3v) is 3.35. The summed E-state index contributed by atoms with van der Waals surface area (Å²) in [7, 11) is 0. The molecule has 1 unspecified atom stereocenters. The molecule has 22 heavy (non-hydrogen) atoms. The largest absolute Gasteiger partial charge is 0.419 e. The summed E-state index contributed by atoms with van der Waals surface area (Å²) < 4.78 is 52.1. The first-order chi connectivity index (χ1) is 10.2. The van der Waals surface area contributed by atoms with Crippen molar-refractivity contribution in [3.63, 3.8) is 0 Å². The molecule has 0 radical (unpaired) electrons. The van der Waals surface area contributed by atoms with Gasteiger partial charge in [-0.15, -0.1) is 0 Å². The molecule has 0 aromatic rings. The maximum absolute atomic E-state index is 13.5. The lowest BCUT2D eigenvalue weighted by Gasteiger charge is -2.23. The number of halogens is 4. The van der Waals surface area contributed by atoms with E-state index >= 15 is 0 Å². The first-order valence-electron chi connectivity index (χ1n) is 6.97. The minimum atomic E-state index is -4.82. The van der Waals surface area contributed by atoms with Gasteiger partial charge in [-0.1, -0.05) is 6.92 Å². The van der Waals surface area contributed by atoms with Crippen molar-refractivity contribution in [2.75, 3.05) is 6.61 Å². The Morgan fingerprint density at radius 1 is 1.41 bits per heavy atom. The van der Waals surface area contributed by atoms with Crippen molar-refractivity contribution in [1.82, 2.24) is 4.90 Å². The number of allylic oxidation sites excluding steroid dienone is 6. The topological polar surface area (TPSA) is 40.5 Å². The Morgan fingerprint density at radius 3 is 2.55 bits per heavy atom. The number of alkyl halides is 3. The normalized spacial score (nSPS) is 21.8. The smallest absolute Gasteiger partial charge is 0.394 e. The van der Waals surface area contributed by atoms with Crippen LogP contribution in [-0.4, -0.2) is 34.7 Å². The molecule has 1 atom stereocenters. The van der Waals surface area contributed by atoms with Gasteiger partial charge < -0.3 is 10.0 Å². The van der Waals surface area contributed by atoms with E-state index in [1.807, 2.05) is 0 Å². The van der Waals surface area contributed by atoms with Crippen molar-refractivity contribution in [2.24, 2.45) is 0 Å². The average Bonchev–Trinajstić information content (AvgIpc) is 2.78. The number of amides is 1. The maximum Gasteiger partial charge on any atom is 0.419 e. The van der Waals surface area contributed by atoms with E-state index in [1.54, 1.807) is 0 Å². The van der Waals surface area contributed by atoms with Gasteiger partial charge in [0.25, 0.3) is 0 Å². The summed E-state index contributed by atoms with van der Waals surface area (Å²) in [5.41, 5.74) is -1.14. The second-order valence-corrected chi connectivity index (χ2v) is 4.99. The van der Waals surface area contributed by atoms with Crippen molar-refractivity contribution >= 4 is 5.91 Å². The van der Waals surface area contributed by atoms with Crippen molar-refractivity contribution < 1.29 is 27.5 Å². The number of aliphatic hydroxyl groups excluding tert-OH is 1. The molecule has 1 aliphatic heterocycles. The molecule has 0 spiro atoms. The van der Waals surface area contributed by atoms with Crippen LogP contribution in [0.4, 0.5) is 17.6 Å². The highest BCUT2D eigenvalue weighted by atomic mass is 19.4. The Labute approximate surface area is 126 Å². The first kappa shape index (κ1) is 18.4. The van der Waals surface area contributed by atoms with Gasteiger partial charge in [0, 0.05) is 12.1 Å². The van der Waals surface area contributed by atoms with Crippen LogP contribution in [0.1, 0.15) is 33.1 Å². The molecular formula is C15H19F4NO2. The van der Waals surface area contributed by atoms with Crippen LogP contribution in [0.3, 0.4) is 0 Å². The van der Waals surface area contributed by atoms with Crippen molar-refractivity contribution in [3.05, 3.63) is 35.3 Å². The van der Waals surface area contributed by atoms with E-state index in [4.69, 9.17) is 0 Å². The monoisotopic (exact) mass is 321 g/mol. The minimum absolute atomic E-state index is 0.138. The highest BCUT2D eigenvalue weighted by Gasteiger charge is 2.36. The summed E-state index contributed by atoms with van der Waals surface area (Å²) in [5, 5.41) is 9.18. The second kappa shape index (κ2) is 7.58. The Hall–Kier alpha value is -1.63. The van der Waals surface area contributed by atoms with Gasteiger partial charge in [-0.05, 0) is 38.0 Å². The summed E-state index contributed by atoms with van der Waals surface area (Å²) in [6.45, 7) is 2.72. The number of nitrogens with zero attached hydrogens (tertiary/aromatic N) is 1. The van der Waals surface area contributed by atoms with Gasteiger partial charge in [0.2, 0.25) is 5.91 Å². The van der Waals surface area contributed by atoms with Crippen LogP contribution in [-0.2, 0) is 4.79 Å². The van der Waals surface area contributed by atoms with E-state index in [0.717, 1.165) is 12.2 Å². The van der Waals surface area contributed by atoms with Crippen LogP contribution < -0.4 is 0 Å². The van der Waals surface area contributed by atoms with E-state index in [9.17, 15) is 27.5 Å². The number of likely N-dealkylation sites (tertiary alicyclic amines) is 1. The molecule has 3 nitrogen and oxygen atoms in total. The zero-order chi connectivity index (χ0) is 16.9. The highest BCUT2D eigenvalue weighted by molar-refractivity contribution is 5.80. The van der Waals surface area contributed by atoms with E-state index in [0.29, 0.717) is 12.5 Å². The Morgan fingerprint density at radius 2 is 2.05 bits per heavy atom. The molecule has 1 saturated heterocycles. The summed E-state index contributed by atoms with van der Waals surface area (Å²) in [6.07, 6.45) is -1.48. The fourth-order valence-corrected chi connectivity index (χ4v) is 2.28. The van der Waals surface area contributed by atoms with Crippen LogP contribution in [0.25, 0.3) is 0 Å². The minimum Gasteiger partial charge on any atom is -0.394 e. The molecule has 1 fully saturated rings. The van der Waals surface area contributed by atoms with Gasteiger partial charge in [-0.3, -0.25) is 4.79 Å². The zero-order valence-corrected chi connectivity index (χ0v) is 12.5. The summed E-state index contributed by atoms with van der Waals surface area (Å²) in [6, 6.07) is -0.442. The molecule has 1 aliphatic rings. The van der Waals surface area contributed by atoms with Crippen LogP contribution in [0, 0.1) is 0 Å². The fraction of sp³-hybridized carbons (Fsp3) is 0.533. The molecular weight excluding hydrogens is 302 g/mol. The number of hydrogen-bond donors (Lipinski definition) is 1. The number of hydrogen-bond acceptors (Lipinski definition) is 2. The molecule has 0 aromatic heterocycles. The lowest BCUT2D eigenvalue weighted by atomic mass is 10.1. The maximum atomic E-state index is 13.5. The zero-order valence-electron chi connectivity index (χ0n) is 12.5. The van der Waals surface area contributed by atoms with Crippen LogP contribution in [0.15, 0.2) is 35.3 Å². The molecule has 124 valence electrons. The van der Waals surface area contributed by atoms with Crippen molar-refractivity contribution in [1.29, 1.82) is 0 Å². The summed E-state index contributed by atoms with van der Waals surface area (Å²) in [4.78, 5) is 13.0. The van der Waals surface area contributed by atoms with Crippen molar-refractivity contribution in [2.45, 2.75) is 45.3 Å². The number of carbonyl (C=O) groups excluding carboxylic acids is 1. The van der Waals surface area contributed by atoms with Crippen LogP contribution in [0.2, 0.25) is 0 Å². The van der Waals surface area contributed by atoms with E-state index in [2.05, 4.69) is 0 Å². The lowest BCUT2D eigenvalue weighted by Crippen LogP contribution is -2.33. The van der Waals surface area contributed by atoms with Gasteiger partial charge >= 0.3 is 6.18 Å². The standard InChI is InChI=1S/C15H19F4NO2/c1-3-4-13(16)12(15(17,18)19)7-5-10(2)20-11(9-21)6-8-14(20)22/h4-5,7,11,21H,3,6,8-9H2,1-2H3/b10-5+,12-7+,13-4-. The third-order valence-electron chi connectivity index (χ3n) is 3.35. The van der Waals surface area contributed by atoms with Gasteiger partial charge in [0.1, 0.15) is 5.83 Å². The van der Waals surface area contributed by atoms with Crippen LogP contribution >= 0.6 is 0 Å². The number of carbonyl (C=O) groups is 1. The predicted molar refractivity (Wildman–Crippen MR) is 74.3 cm³/mol. The quantitative estimate of drug-likeness (QED) is 0.620. The van der Waals surface area contributed by atoms with E-state index in [1.165, 1.54) is 18.7 Å². The molecule has 7 heteroatoms. The van der Waals surface area contributed by atoms with E-state index in [-0.39, 0.29) is 31.1 Å². The van der Waals surface area contributed by atoms with Gasteiger partial charge in [0.15, 0.2) is 0 Å². The molecule has 1 N–H and O–H groups in total. The summed E-state index contributed by atoms with van der Waals surface area (Å²) in [5.74, 6) is -1.61. The molecule has 0 aliphatic carbocycles. The summed E-state index contributed by atoms with van der Waals surface area (Å²) >= 11 is 0. The molecule has 1 rings (SSSR count).